The molecule has 2 aromatic carbocycles. The number of piperazine rings is 1. The van der Waals surface area contributed by atoms with Crippen molar-refractivity contribution in [3.63, 3.8) is 0 Å². The lowest BCUT2D eigenvalue weighted by Gasteiger charge is -2.38. The molecule has 1 amide bonds. The van der Waals surface area contributed by atoms with Gasteiger partial charge >= 0.3 is 0 Å². The minimum atomic E-state index is -0.436. The Kier molecular flexibility index (Phi) is 7.19. The summed E-state index contributed by atoms with van der Waals surface area (Å²) in [4.78, 5) is 17.4. The second kappa shape index (κ2) is 10.4. The lowest BCUT2D eigenvalue weighted by Crippen LogP contribution is -2.51. The second-order valence-corrected chi connectivity index (χ2v) is 8.13. The fraction of sp³-hybridized carbons (Fsp3) is 0.346. The molecule has 7 heteroatoms. The van der Waals surface area contributed by atoms with Crippen molar-refractivity contribution < 1.29 is 19.0 Å². The Morgan fingerprint density at radius 1 is 0.970 bits per heavy atom. The Bertz CT molecular complexity index is 1030. The molecule has 0 aromatic heterocycles. The Balaban J connectivity index is 1.42. The molecule has 1 saturated heterocycles. The zero-order chi connectivity index (χ0) is 23.2. The van der Waals surface area contributed by atoms with Crippen LogP contribution in [0.2, 0.25) is 0 Å². The molecular weight excluding hydrogens is 418 g/mol. The van der Waals surface area contributed by atoms with Gasteiger partial charge in [0, 0.05) is 44.2 Å². The van der Waals surface area contributed by atoms with Crippen molar-refractivity contribution in [2.75, 3.05) is 45.3 Å². The summed E-state index contributed by atoms with van der Waals surface area (Å²) < 4.78 is 17.0. The van der Waals surface area contributed by atoms with Crippen molar-refractivity contribution in [2.45, 2.75) is 19.1 Å². The van der Waals surface area contributed by atoms with E-state index >= 15 is 0 Å². The van der Waals surface area contributed by atoms with Crippen LogP contribution in [0, 0.1) is 0 Å². The number of hydrogen-bond acceptors (Lipinski definition) is 6. The first-order valence-corrected chi connectivity index (χ1v) is 11.2. The fourth-order valence-corrected chi connectivity index (χ4v) is 4.23. The normalized spacial score (nSPS) is 18.6. The van der Waals surface area contributed by atoms with Crippen molar-refractivity contribution in [3.8, 4) is 5.75 Å². The van der Waals surface area contributed by atoms with Gasteiger partial charge in [-0.3, -0.25) is 4.79 Å². The highest BCUT2D eigenvalue weighted by Crippen LogP contribution is 2.30. The van der Waals surface area contributed by atoms with Crippen LogP contribution in [-0.4, -0.2) is 57.2 Å². The molecule has 2 N–H and O–H groups in total. The third-order valence-electron chi connectivity index (χ3n) is 6.08. The molecule has 0 bridgehead atoms. The standard InChI is InChI=1S/C26H31N3O4/c1-31-23-11-7-6-10-22(23)28-12-14-29(15-13-28)26(30)20-16-24(32-2)25(17-21(20)27)33-18-19-8-4-3-5-9-19/h3-11,16,21H,12-15,17-18,27H2,1-2H3/t21-/m1/s1. The number of anilines is 1. The molecule has 0 unspecified atom stereocenters. The number of carbonyl (C=O) groups excluding carboxylic acids is 1. The molecule has 0 saturated carbocycles. The third kappa shape index (κ3) is 5.14. The summed E-state index contributed by atoms with van der Waals surface area (Å²) in [5, 5.41) is 0. The van der Waals surface area contributed by atoms with E-state index < -0.39 is 6.04 Å². The van der Waals surface area contributed by atoms with E-state index in [0.29, 0.717) is 43.2 Å². The molecule has 1 fully saturated rings. The summed E-state index contributed by atoms with van der Waals surface area (Å²) in [7, 11) is 3.26. The van der Waals surface area contributed by atoms with E-state index in [2.05, 4.69) is 4.90 Å². The predicted octanol–water partition coefficient (Wildman–Crippen LogP) is 3.08. The first-order chi connectivity index (χ1) is 16.1. The van der Waals surface area contributed by atoms with Gasteiger partial charge in [0.15, 0.2) is 5.76 Å². The number of nitrogens with zero attached hydrogens (tertiary/aromatic N) is 2. The maximum absolute atomic E-state index is 13.3. The first kappa shape index (κ1) is 22.7. The SMILES string of the molecule is COC1=C(OCc2ccccc2)C[C@@H](N)C(C(=O)N2CCN(c3ccccc3OC)CC2)=C1. The lowest BCUT2D eigenvalue weighted by atomic mass is 9.95. The molecular formula is C26H31N3O4. The van der Waals surface area contributed by atoms with Gasteiger partial charge in [-0.15, -0.1) is 0 Å². The Morgan fingerprint density at radius 3 is 2.36 bits per heavy atom. The van der Waals surface area contributed by atoms with Gasteiger partial charge in [-0.2, -0.15) is 0 Å². The van der Waals surface area contributed by atoms with Crippen LogP contribution in [0.15, 0.2) is 77.8 Å². The zero-order valence-electron chi connectivity index (χ0n) is 19.2. The Morgan fingerprint density at radius 2 is 1.67 bits per heavy atom. The highest BCUT2D eigenvalue weighted by Gasteiger charge is 2.31. The van der Waals surface area contributed by atoms with E-state index in [1.54, 1.807) is 20.3 Å². The summed E-state index contributed by atoms with van der Waals surface area (Å²) in [6, 6.07) is 17.4. The summed E-state index contributed by atoms with van der Waals surface area (Å²) in [5.41, 5.74) is 9.08. The van der Waals surface area contributed by atoms with E-state index in [4.69, 9.17) is 19.9 Å². The second-order valence-electron chi connectivity index (χ2n) is 8.13. The van der Waals surface area contributed by atoms with E-state index in [9.17, 15) is 4.79 Å². The number of para-hydroxylation sites is 2. The van der Waals surface area contributed by atoms with Gasteiger partial charge in [-0.1, -0.05) is 42.5 Å². The van der Waals surface area contributed by atoms with Crippen LogP contribution in [0.4, 0.5) is 5.69 Å². The number of benzene rings is 2. The highest BCUT2D eigenvalue weighted by atomic mass is 16.5. The van der Waals surface area contributed by atoms with E-state index in [1.165, 1.54) is 0 Å². The number of amides is 1. The lowest BCUT2D eigenvalue weighted by molar-refractivity contribution is -0.127. The number of rotatable bonds is 7. The predicted molar refractivity (Wildman–Crippen MR) is 128 cm³/mol. The molecule has 0 spiro atoms. The maximum atomic E-state index is 13.3. The highest BCUT2D eigenvalue weighted by molar-refractivity contribution is 5.95. The van der Waals surface area contributed by atoms with Gasteiger partial charge in [0.05, 0.1) is 19.9 Å². The summed E-state index contributed by atoms with van der Waals surface area (Å²) >= 11 is 0. The molecule has 2 aliphatic rings. The average Bonchev–Trinajstić information content (AvgIpc) is 2.87. The fourth-order valence-electron chi connectivity index (χ4n) is 4.23. The average molecular weight is 450 g/mol. The monoisotopic (exact) mass is 449 g/mol. The zero-order valence-corrected chi connectivity index (χ0v) is 19.2. The van der Waals surface area contributed by atoms with E-state index in [1.807, 2.05) is 59.5 Å². The van der Waals surface area contributed by atoms with Gasteiger partial charge in [0.2, 0.25) is 0 Å². The van der Waals surface area contributed by atoms with Crippen LogP contribution >= 0.6 is 0 Å². The van der Waals surface area contributed by atoms with Crippen molar-refractivity contribution in [2.24, 2.45) is 5.73 Å². The van der Waals surface area contributed by atoms with E-state index in [-0.39, 0.29) is 5.91 Å². The molecule has 0 radical (unpaired) electrons. The summed E-state index contributed by atoms with van der Waals surface area (Å²) in [6.07, 6.45) is 2.16. The first-order valence-electron chi connectivity index (χ1n) is 11.2. The van der Waals surface area contributed by atoms with Gasteiger partial charge in [-0.25, -0.2) is 0 Å². The van der Waals surface area contributed by atoms with Gasteiger partial charge < -0.3 is 29.7 Å². The molecule has 1 atom stereocenters. The number of hydrogen-bond donors (Lipinski definition) is 1. The Hall–Kier alpha value is -3.45. The van der Waals surface area contributed by atoms with Crippen LogP contribution in [0.1, 0.15) is 12.0 Å². The quantitative estimate of drug-likeness (QED) is 0.700. The number of methoxy groups -OCH3 is 2. The summed E-state index contributed by atoms with van der Waals surface area (Å²) in [5.74, 6) is 2.03. The van der Waals surface area contributed by atoms with E-state index in [0.717, 1.165) is 30.1 Å². The smallest absolute Gasteiger partial charge is 0.251 e. The van der Waals surface area contributed by atoms with Gasteiger partial charge in [0.25, 0.3) is 5.91 Å². The van der Waals surface area contributed by atoms with Crippen LogP contribution in [0.25, 0.3) is 0 Å². The van der Waals surface area contributed by atoms with Crippen LogP contribution in [0.5, 0.6) is 5.75 Å². The van der Waals surface area contributed by atoms with Crippen molar-refractivity contribution >= 4 is 11.6 Å². The van der Waals surface area contributed by atoms with Crippen molar-refractivity contribution in [1.29, 1.82) is 0 Å². The molecule has 1 aliphatic carbocycles. The summed E-state index contributed by atoms with van der Waals surface area (Å²) in [6.45, 7) is 3.12. The van der Waals surface area contributed by atoms with Gasteiger partial charge in [-0.05, 0) is 23.8 Å². The minimum absolute atomic E-state index is 0.0427. The number of ether oxygens (including phenoxy) is 3. The minimum Gasteiger partial charge on any atom is -0.495 e. The Labute approximate surface area is 195 Å². The molecule has 4 rings (SSSR count). The number of allylic oxidation sites excluding steroid dienone is 1. The topological polar surface area (TPSA) is 77.3 Å². The largest absolute Gasteiger partial charge is 0.495 e. The number of nitrogens with two attached hydrogens (primary N) is 1. The van der Waals surface area contributed by atoms with Crippen LogP contribution < -0.4 is 15.4 Å². The maximum Gasteiger partial charge on any atom is 0.251 e. The number of carbonyl (C=O) groups is 1. The molecule has 1 aliphatic heterocycles. The third-order valence-corrected chi connectivity index (χ3v) is 6.08. The van der Waals surface area contributed by atoms with Crippen LogP contribution in [-0.2, 0) is 20.9 Å². The molecule has 174 valence electrons. The molecule has 7 nitrogen and oxygen atoms in total. The molecule has 33 heavy (non-hydrogen) atoms. The van der Waals surface area contributed by atoms with Crippen molar-refractivity contribution in [1.82, 2.24) is 4.90 Å². The van der Waals surface area contributed by atoms with Gasteiger partial charge in [0.1, 0.15) is 18.1 Å². The molecule has 2 aromatic rings. The van der Waals surface area contributed by atoms with Crippen LogP contribution in [0.3, 0.4) is 0 Å². The molecule has 1 heterocycles. The van der Waals surface area contributed by atoms with Crippen molar-refractivity contribution in [3.05, 3.63) is 83.3 Å².